The van der Waals surface area contributed by atoms with Crippen molar-refractivity contribution in [3.05, 3.63) is 47.7 Å². The van der Waals surface area contributed by atoms with Crippen LogP contribution in [-0.2, 0) is 12.8 Å². The van der Waals surface area contributed by atoms with E-state index in [9.17, 15) is 5.11 Å². The molecule has 3 N–H and O–H groups in total. The van der Waals surface area contributed by atoms with Gasteiger partial charge in [-0.2, -0.15) is 0 Å². The average molecular weight is 218 g/mol. The number of hydrogen-bond donors (Lipinski definition) is 2. The smallest absolute Gasteiger partial charge is 0.198 e. The minimum atomic E-state index is 0.265. The minimum Gasteiger partial charge on any atom is -0.508 e. The van der Waals surface area contributed by atoms with Crippen molar-refractivity contribution in [2.24, 2.45) is 5.73 Å². The molecule has 0 aliphatic heterocycles. The number of phenolic OH excluding ortho intramolecular Hbond substituents is 1. The lowest BCUT2D eigenvalue weighted by Gasteiger charge is -2.00. The predicted molar refractivity (Wildman–Crippen MR) is 60.2 cm³/mol. The van der Waals surface area contributed by atoms with Crippen molar-refractivity contribution in [2.75, 3.05) is 6.54 Å². The van der Waals surface area contributed by atoms with Gasteiger partial charge in [0.05, 0.1) is 12.6 Å². The molecule has 0 unspecified atom stereocenters. The van der Waals surface area contributed by atoms with Crippen molar-refractivity contribution >= 4 is 0 Å². The fourth-order valence-electron chi connectivity index (χ4n) is 1.51. The van der Waals surface area contributed by atoms with Crippen molar-refractivity contribution in [1.29, 1.82) is 0 Å². The first-order valence-corrected chi connectivity index (χ1v) is 5.20. The van der Waals surface area contributed by atoms with Crippen molar-refractivity contribution < 1.29 is 9.52 Å². The first-order chi connectivity index (χ1) is 7.79. The number of benzene rings is 1. The Morgan fingerprint density at radius 1 is 1.31 bits per heavy atom. The van der Waals surface area contributed by atoms with Gasteiger partial charge in [-0.3, -0.25) is 0 Å². The van der Waals surface area contributed by atoms with E-state index in [0.717, 1.165) is 11.3 Å². The molecule has 2 aromatic rings. The maximum absolute atomic E-state index is 9.59. The molecule has 2 rings (SSSR count). The lowest BCUT2D eigenvalue weighted by atomic mass is 10.1. The third kappa shape index (κ3) is 2.41. The van der Waals surface area contributed by atoms with E-state index >= 15 is 0 Å². The van der Waals surface area contributed by atoms with E-state index in [4.69, 9.17) is 10.2 Å². The number of aromatic hydroxyl groups is 1. The summed E-state index contributed by atoms with van der Waals surface area (Å²) in [6.45, 7) is 0.547. The van der Waals surface area contributed by atoms with E-state index in [1.54, 1.807) is 18.3 Å². The van der Waals surface area contributed by atoms with Gasteiger partial charge < -0.3 is 15.3 Å². The summed E-state index contributed by atoms with van der Waals surface area (Å²) in [5, 5.41) is 9.59. The van der Waals surface area contributed by atoms with Crippen LogP contribution >= 0.6 is 0 Å². The second-order valence-electron chi connectivity index (χ2n) is 3.56. The van der Waals surface area contributed by atoms with Gasteiger partial charge in [0, 0.05) is 12.0 Å². The number of aromatic nitrogens is 1. The molecule has 0 bridgehead atoms. The topological polar surface area (TPSA) is 72.3 Å². The van der Waals surface area contributed by atoms with E-state index < -0.39 is 0 Å². The third-order valence-corrected chi connectivity index (χ3v) is 2.33. The number of oxazole rings is 1. The number of rotatable bonds is 4. The molecule has 1 heterocycles. The van der Waals surface area contributed by atoms with Crippen LogP contribution in [0.4, 0.5) is 0 Å². The van der Waals surface area contributed by atoms with E-state index in [-0.39, 0.29) is 5.75 Å². The first-order valence-electron chi connectivity index (χ1n) is 5.20. The summed E-state index contributed by atoms with van der Waals surface area (Å²) in [5.74, 6) is 1.65. The van der Waals surface area contributed by atoms with Gasteiger partial charge in [-0.15, -0.1) is 0 Å². The Balaban J connectivity index is 2.11. The molecule has 1 aromatic carbocycles. The summed E-state index contributed by atoms with van der Waals surface area (Å²) in [6, 6.07) is 7.16. The van der Waals surface area contributed by atoms with Crippen LogP contribution in [0.3, 0.4) is 0 Å². The molecule has 84 valence electrons. The fourth-order valence-corrected chi connectivity index (χ4v) is 1.51. The normalized spacial score (nSPS) is 10.6. The lowest BCUT2D eigenvalue weighted by molar-refractivity contribution is 0.449. The highest BCUT2D eigenvalue weighted by Crippen LogP contribution is 2.19. The number of phenols is 1. The summed E-state index contributed by atoms with van der Waals surface area (Å²) in [4.78, 5) is 4.14. The van der Waals surface area contributed by atoms with E-state index in [1.165, 1.54) is 0 Å². The van der Waals surface area contributed by atoms with Crippen LogP contribution in [0.2, 0.25) is 0 Å². The maximum Gasteiger partial charge on any atom is 0.198 e. The molecule has 16 heavy (non-hydrogen) atoms. The van der Waals surface area contributed by atoms with Crippen LogP contribution < -0.4 is 5.73 Å². The van der Waals surface area contributed by atoms with Gasteiger partial charge in [0.25, 0.3) is 0 Å². The van der Waals surface area contributed by atoms with Crippen molar-refractivity contribution in [3.8, 4) is 5.75 Å². The van der Waals surface area contributed by atoms with Crippen LogP contribution in [0.5, 0.6) is 5.75 Å². The molecule has 0 radical (unpaired) electrons. The van der Waals surface area contributed by atoms with Crippen LogP contribution in [0.25, 0.3) is 0 Å². The van der Waals surface area contributed by atoms with Crippen LogP contribution in [-0.4, -0.2) is 16.6 Å². The zero-order chi connectivity index (χ0) is 11.4. The second kappa shape index (κ2) is 4.81. The van der Waals surface area contributed by atoms with E-state index in [2.05, 4.69) is 4.98 Å². The Morgan fingerprint density at radius 2 is 2.12 bits per heavy atom. The number of nitrogens with two attached hydrogens (primary N) is 1. The van der Waals surface area contributed by atoms with Crippen LogP contribution in [0, 0.1) is 0 Å². The molecule has 1 aromatic heterocycles. The molecule has 0 fully saturated rings. The summed E-state index contributed by atoms with van der Waals surface area (Å²) in [5.41, 5.74) is 6.23. The van der Waals surface area contributed by atoms with Gasteiger partial charge in [0.2, 0.25) is 0 Å². The zero-order valence-corrected chi connectivity index (χ0v) is 8.89. The predicted octanol–water partition coefficient (Wildman–Crippen LogP) is 1.47. The Kier molecular flexibility index (Phi) is 3.22. The standard InChI is InChI=1S/C12H14N2O2/c13-6-5-10-8-14-12(16-10)7-9-3-1-2-4-11(9)15/h1-4,8,15H,5-7,13H2. The molecule has 0 saturated carbocycles. The SMILES string of the molecule is NCCc1cnc(Cc2ccccc2O)o1. The summed E-state index contributed by atoms with van der Waals surface area (Å²) in [7, 11) is 0. The fraction of sp³-hybridized carbons (Fsp3) is 0.250. The quantitative estimate of drug-likeness (QED) is 0.815. The number of para-hydroxylation sites is 1. The second-order valence-corrected chi connectivity index (χ2v) is 3.56. The minimum absolute atomic E-state index is 0.265. The monoisotopic (exact) mass is 218 g/mol. The average Bonchev–Trinajstić information content (AvgIpc) is 2.70. The summed E-state index contributed by atoms with van der Waals surface area (Å²) in [6.07, 6.45) is 2.87. The van der Waals surface area contributed by atoms with Crippen molar-refractivity contribution in [2.45, 2.75) is 12.8 Å². The van der Waals surface area contributed by atoms with Crippen LogP contribution in [0.1, 0.15) is 17.2 Å². The summed E-state index contributed by atoms with van der Waals surface area (Å²) < 4.78 is 5.48. The molecule has 0 amide bonds. The molecular weight excluding hydrogens is 204 g/mol. The highest BCUT2D eigenvalue weighted by molar-refractivity contribution is 5.33. The molecule has 4 nitrogen and oxygen atoms in total. The molecule has 0 spiro atoms. The molecule has 4 heteroatoms. The highest BCUT2D eigenvalue weighted by atomic mass is 16.4. The Bertz CT molecular complexity index is 466. The van der Waals surface area contributed by atoms with E-state index in [1.807, 2.05) is 12.1 Å². The van der Waals surface area contributed by atoms with Gasteiger partial charge in [0.1, 0.15) is 11.5 Å². The summed E-state index contributed by atoms with van der Waals surface area (Å²) >= 11 is 0. The van der Waals surface area contributed by atoms with Gasteiger partial charge in [-0.05, 0) is 12.6 Å². The highest BCUT2D eigenvalue weighted by Gasteiger charge is 2.07. The van der Waals surface area contributed by atoms with Gasteiger partial charge >= 0.3 is 0 Å². The van der Waals surface area contributed by atoms with Crippen molar-refractivity contribution in [1.82, 2.24) is 4.98 Å². The van der Waals surface area contributed by atoms with Crippen LogP contribution in [0.15, 0.2) is 34.9 Å². The molecule has 0 atom stereocenters. The van der Waals surface area contributed by atoms with Gasteiger partial charge in [-0.1, -0.05) is 18.2 Å². The third-order valence-electron chi connectivity index (χ3n) is 2.33. The maximum atomic E-state index is 9.59. The lowest BCUT2D eigenvalue weighted by Crippen LogP contribution is -2.01. The van der Waals surface area contributed by atoms with Crippen molar-refractivity contribution in [3.63, 3.8) is 0 Å². The molecule has 0 saturated heterocycles. The molecular formula is C12H14N2O2. The Hall–Kier alpha value is -1.81. The molecule has 0 aliphatic carbocycles. The van der Waals surface area contributed by atoms with Gasteiger partial charge in [-0.25, -0.2) is 4.98 Å². The Labute approximate surface area is 93.7 Å². The zero-order valence-electron chi connectivity index (χ0n) is 8.89. The van der Waals surface area contributed by atoms with E-state index in [0.29, 0.717) is 25.3 Å². The van der Waals surface area contributed by atoms with Gasteiger partial charge in [0.15, 0.2) is 5.89 Å². The number of hydrogen-bond acceptors (Lipinski definition) is 4. The first kappa shape index (κ1) is 10.7. The largest absolute Gasteiger partial charge is 0.508 e. The number of nitrogens with zero attached hydrogens (tertiary/aromatic N) is 1. The molecule has 0 aliphatic rings. The Morgan fingerprint density at radius 3 is 2.88 bits per heavy atom.